The Morgan fingerprint density at radius 2 is 1.73 bits per heavy atom. The molecule has 1 aromatic heterocycles. The van der Waals surface area contributed by atoms with Gasteiger partial charge >= 0.3 is 18.0 Å². The van der Waals surface area contributed by atoms with E-state index in [4.69, 9.17) is 14.3 Å². The second-order valence-corrected chi connectivity index (χ2v) is 9.71. The van der Waals surface area contributed by atoms with Crippen LogP contribution in [0.25, 0.3) is 0 Å². The molecule has 0 radical (unpaired) electrons. The number of carboxylic acid groups (broad SMARTS) is 1. The van der Waals surface area contributed by atoms with Crippen molar-refractivity contribution in [2.24, 2.45) is 5.16 Å². The number of nitrogens with zero attached hydrogens (tertiary/aromatic N) is 2. The minimum atomic E-state index is -1.39. The van der Waals surface area contributed by atoms with E-state index in [1.165, 1.54) is 5.38 Å². The maximum absolute atomic E-state index is 12.5. The fourth-order valence-electron chi connectivity index (χ4n) is 2.36. The number of oxime groups is 1. The number of hydrogen-bond acceptors (Lipinski definition) is 9. The van der Waals surface area contributed by atoms with Crippen molar-refractivity contribution in [1.29, 1.82) is 0 Å². The van der Waals surface area contributed by atoms with Crippen LogP contribution in [-0.2, 0) is 23.9 Å². The predicted molar refractivity (Wildman–Crippen MR) is 110 cm³/mol. The molecule has 166 valence electrons. The van der Waals surface area contributed by atoms with Crippen LogP contribution in [0, 0.1) is 0 Å². The Hall–Kier alpha value is -2.69. The van der Waals surface area contributed by atoms with E-state index >= 15 is 0 Å². The van der Waals surface area contributed by atoms with E-state index in [1.807, 2.05) is 0 Å². The summed E-state index contributed by atoms with van der Waals surface area (Å²) in [5, 5.41) is 17.2. The second-order valence-electron chi connectivity index (χ2n) is 8.85. The molecular formula is C19H27N3O7S. The van der Waals surface area contributed by atoms with Crippen LogP contribution in [0.3, 0.4) is 0 Å². The highest BCUT2D eigenvalue weighted by Gasteiger charge is 2.50. The van der Waals surface area contributed by atoms with E-state index < -0.39 is 40.5 Å². The first-order valence-electron chi connectivity index (χ1n) is 9.40. The first kappa shape index (κ1) is 23.6. The zero-order chi connectivity index (χ0) is 22.7. The van der Waals surface area contributed by atoms with Gasteiger partial charge in [-0.1, -0.05) is 5.16 Å². The molecule has 0 spiro atoms. The number of ether oxygens (including phenoxy) is 2. The number of amides is 1. The number of carbonyl (C=O) groups excluding carboxylic acids is 2. The molecule has 0 aromatic carbocycles. The van der Waals surface area contributed by atoms with Crippen molar-refractivity contribution >= 4 is 40.2 Å². The van der Waals surface area contributed by atoms with Gasteiger partial charge in [0.2, 0.25) is 11.3 Å². The zero-order valence-electron chi connectivity index (χ0n) is 17.9. The van der Waals surface area contributed by atoms with Crippen LogP contribution in [0.2, 0.25) is 0 Å². The SMILES string of the molecule is CC(C)(C)OC(=O)Nc1nc(/C(=N/OC2(C(=O)OC(C)(C)C)CCC2)C(=O)O)cs1. The van der Waals surface area contributed by atoms with E-state index in [1.54, 1.807) is 41.5 Å². The van der Waals surface area contributed by atoms with Crippen LogP contribution < -0.4 is 5.32 Å². The molecule has 30 heavy (non-hydrogen) atoms. The Morgan fingerprint density at radius 1 is 1.13 bits per heavy atom. The zero-order valence-corrected chi connectivity index (χ0v) is 18.7. The van der Waals surface area contributed by atoms with Crippen LogP contribution >= 0.6 is 11.3 Å². The van der Waals surface area contributed by atoms with Crippen molar-refractivity contribution in [1.82, 2.24) is 4.98 Å². The number of aliphatic carboxylic acids is 1. The number of carboxylic acids is 1. The maximum Gasteiger partial charge on any atom is 0.413 e. The monoisotopic (exact) mass is 441 g/mol. The van der Waals surface area contributed by atoms with Gasteiger partial charge in [-0.25, -0.2) is 19.4 Å². The topological polar surface area (TPSA) is 136 Å². The summed E-state index contributed by atoms with van der Waals surface area (Å²) in [5.41, 5.74) is -3.21. The summed E-state index contributed by atoms with van der Waals surface area (Å²) in [6.07, 6.45) is 0.770. The van der Waals surface area contributed by atoms with E-state index in [-0.39, 0.29) is 10.8 Å². The van der Waals surface area contributed by atoms with Crippen LogP contribution in [0.4, 0.5) is 9.93 Å². The predicted octanol–water partition coefficient (Wildman–Crippen LogP) is 3.56. The summed E-state index contributed by atoms with van der Waals surface area (Å²) < 4.78 is 10.5. The second kappa shape index (κ2) is 8.58. The van der Waals surface area contributed by atoms with Gasteiger partial charge in [0.25, 0.3) is 0 Å². The molecule has 2 rings (SSSR count). The van der Waals surface area contributed by atoms with Gasteiger partial charge in [0.1, 0.15) is 16.9 Å². The van der Waals surface area contributed by atoms with Gasteiger partial charge in [-0.3, -0.25) is 5.32 Å². The molecule has 1 amide bonds. The third kappa shape index (κ3) is 6.41. The quantitative estimate of drug-likeness (QED) is 0.388. The smallest absolute Gasteiger partial charge is 0.413 e. The minimum absolute atomic E-state index is 0.0165. The average molecular weight is 442 g/mol. The first-order valence-corrected chi connectivity index (χ1v) is 10.3. The van der Waals surface area contributed by atoms with Gasteiger partial charge in [-0.15, -0.1) is 11.3 Å². The highest BCUT2D eigenvalue weighted by molar-refractivity contribution is 7.14. The highest BCUT2D eigenvalue weighted by Crippen LogP contribution is 2.38. The van der Waals surface area contributed by atoms with Crippen molar-refractivity contribution in [3.8, 4) is 0 Å². The molecule has 0 aliphatic heterocycles. The summed E-state index contributed by atoms with van der Waals surface area (Å²) in [5.74, 6) is -1.97. The lowest BCUT2D eigenvalue weighted by atomic mass is 9.80. The van der Waals surface area contributed by atoms with Crippen LogP contribution in [0.1, 0.15) is 66.5 Å². The molecule has 11 heteroatoms. The standard InChI is InChI=1S/C19H27N3O7S/c1-17(2,3)27-14(25)19(8-7-9-19)29-22-12(13(23)24)11-10-30-15(20-11)21-16(26)28-18(4,5)6/h10H,7-9H2,1-6H3,(H,23,24)(H,20,21,26)/b22-12-. The number of rotatable bonds is 6. The fraction of sp³-hybridized carbons (Fsp3) is 0.632. The van der Waals surface area contributed by atoms with Crippen LogP contribution in [0.15, 0.2) is 10.5 Å². The average Bonchev–Trinajstić information content (AvgIpc) is 2.93. The van der Waals surface area contributed by atoms with Crippen molar-refractivity contribution in [2.45, 2.75) is 77.6 Å². The lowest BCUT2D eigenvalue weighted by Gasteiger charge is -2.38. The van der Waals surface area contributed by atoms with Crippen molar-refractivity contribution in [3.05, 3.63) is 11.1 Å². The van der Waals surface area contributed by atoms with Gasteiger partial charge < -0.3 is 19.4 Å². The van der Waals surface area contributed by atoms with Gasteiger partial charge in [-0.05, 0) is 48.0 Å². The maximum atomic E-state index is 12.5. The largest absolute Gasteiger partial charge is 0.476 e. The molecule has 1 aliphatic carbocycles. The Morgan fingerprint density at radius 3 is 2.20 bits per heavy atom. The summed E-state index contributed by atoms with van der Waals surface area (Å²) in [6, 6.07) is 0. The summed E-state index contributed by atoms with van der Waals surface area (Å²) in [7, 11) is 0. The molecule has 0 bridgehead atoms. The Labute approximate surface area is 178 Å². The molecule has 1 fully saturated rings. The normalized spacial score (nSPS) is 16.3. The molecule has 10 nitrogen and oxygen atoms in total. The third-order valence-electron chi connectivity index (χ3n) is 3.80. The van der Waals surface area contributed by atoms with Gasteiger partial charge in [0.05, 0.1) is 0 Å². The number of anilines is 1. The Kier molecular flexibility index (Phi) is 6.75. The number of nitrogens with one attached hydrogen (secondary N) is 1. The molecule has 0 atom stereocenters. The molecule has 0 unspecified atom stereocenters. The fourth-order valence-corrected chi connectivity index (χ4v) is 3.04. The lowest BCUT2D eigenvalue weighted by Crippen LogP contribution is -2.50. The molecular weight excluding hydrogens is 414 g/mol. The summed E-state index contributed by atoms with van der Waals surface area (Å²) in [4.78, 5) is 45.4. The molecule has 1 aliphatic rings. The van der Waals surface area contributed by atoms with E-state index in [0.29, 0.717) is 12.8 Å². The summed E-state index contributed by atoms with van der Waals surface area (Å²) in [6.45, 7) is 10.3. The number of thiazole rings is 1. The van der Waals surface area contributed by atoms with Crippen LogP contribution in [-0.4, -0.2) is 50.6 Å². The summed E-state index contributed by atoms with van der Waals surface area (Å²) >= 11 is 1.00. The van der Waals surface area contributed by atoms with Crippen molar-refractivity contribution in [2.75, 3.05) is 5.32 Å². The van der Waals surface area contributed by atoms with E-state index in [9.17, 15) is 19.5 Å². The van der Waals surface area contributed by atoms with Gasteiger partial charge in [0, 0.05) is 18.2 Å². The van der Waals surface area contributed by atoms with Crippen LogP contribution in [0.5, 0.6) is 0 Å². The molecule has 1 saturated carbocycles. The van der Waals surface area contributed by atoms with E-state index in [0.717, 1.165) is 17.8 Å². The number of aromatic nitrogens is 1. The number of hydrogen-bond donors (Lipinski definition) is 2. The first-order chi connectivity index (χ1) is 13.7. The third-order valence-corrected chi connectivity index (χ3v) is 4.56. The Balaban J connectivity index is 2.15. The molecule has 1 aromatic rings. The van der Waals surface area contributed by atoms with E-state index in [2.05, 4.69) is 15.5 Å². The van der Waals surface area contributed by atoms with Gasteiger partial charge in [-0.2, -0.15) is 0 Å². The Bertz CT molecular complexity index is 845. The molecule has 0 saturated heterocycles. The minimum Gasteiger partial charge on any atom is -0.476 e. The van der Waals surface area contributed by atoms with Gasteiger partial charge in [0.15, 0.2) is 5.13 Å². The highest BCUT2D eigenvalue weighted by atomic mass is 32.1. The van der Waals surface area contributed by atoms with Crippen molar-refractivity contribution < 1.29 is 33.8 Å². The number of carbonyl (C=O) groups is 3. The lowest BCUT2D eigenvalue weighted by molar-refractivity contribution is -0.196. The molecule has 2 N–H and O–H groups in total. The molecule has 1 heterocycles. The van der Waals surface area contributed by atoms with Crippen molar-refractivity contribution in [3.63, 3.8) is 0 Å². The number of esters is 1.